The van der Waals surface area contributed by atoms with E-state index in [1.54, 1.807) is 6.20 Å². The first kappa shape index (κ1) is 22.5. The van der Waals surface area contributed by atoms with Crippen LogP contribution in [0.3, 0.4) is 0 Å². The molecule has 0 saturated heterocycles. The lowest BCUT2D eigenvalue weighted by molar-refractivity contribution is -0.149. The van der Waals surface area contributed by atoms with E-state index in [0.29, 0.717) is 13.2 Å². The third-order valence-electron chi connectivity index (χ3n) is 4.15. The Labute approximate surface area is 172 Å². The van der Waals surface area contributed by atoms with E-state index >= 15 is 0 Å². The molecule has 1 aromatic carbocycles. The second-order valence-corrected chi connectivity index (χ2v) is 7.90. The fourth-order valence-corrected chi connectivity index (χ4v) is 2.64. The molecule has 5 nitrogen and oxygen atoms in total. The fourth-order valence-electron chi connectivity index (χ4n) is 2.64. The maximum Gasteiger partial charge on any atom is 0.313 e. The molecule has 0 aliphatic heterocycles. The third kappa shape index (κ3) is 9.30. The van der Waals surface area contributed by atoms with Crippen molar-refractivity contribution in [2.75, 3.05) is 19.8 Å². The number of aromatic nitrogens is 1. The molecule has 29 heavy (non-hydrogen) atoms. The summed E-state index contributed by atoms with van der Waals surface area (Å²) < 4.78 is 10.8. The second kappa shape index (κ2) is 11.3. The summed E-state index contributed by atoms with van der Waals surface area (Å²) in [5, 5.41) is 0. The van der Waals surface area contributed by atoms with Gasteiger partial charge in [0.1, 0.15) is 12.2 Å². The smallest absolute Gasteiger partial charge is 0.313 e. The van der Waals surface area contributed by atoms with E-state index < -0.39 is 5.97 Å². The van der Waals surface area contributed by atoms with Crippen LogP contribution in [0.1, 0.15) is 43.9 Å². The molecule has 0 N–H and O–H groups in total. The molecule has 0 spiro atoms. The van der Waals surface area contributed by atoms with Crippen LogP contribution >= 0.6 is 0 Å². The lowest BCUT2D eigenvalue weighted by Crippen LogP contribution is -2.27. The lowest BCUT2D eigenvalue weighted by Gasteiger charge is -2.23. The van der Waals surface area contributed by atoms with Crippen LogP contribution in [-0.4, -0.2) is 36.6 Å². The van der Waals surface area contributed by atoms with Crippen molar-refractivity contribution < 1.29 is 19.1 Å². The molecule has 1 heterocycles. The van der Waals surface area contributed by atoms with E-state index in [-0.39, 0.29) is 24.2 Å². The zero-order valence-electron chi connectivity index (χ0n) is 17.4. The number of hydrogen-bond donors (Lipinski definition) is 0. The average Bonchev–Trinajstić information content (AvgIpc) is 2.68. The predicted octanol–water partition coefficient (Wildman–Crippen LogP) is 4.25. The topological polar surface area (TPSA) is 65.5 Å². The van der Waals surface area contributed by atoms with Gasteiger partial charge in [-0.1, -0.05) is 56.3 Å². The average molecular weight is 395 g/mol. The number of hydrogen-bond acceptors (Lipinski definition) is 5. The molecule has 1 aromatic heterocycles. The van der Waals surface area contributed by atoms with Gasteiger partial charge in [-0.15, -0.1) is 0 Å². The van der Waals surface area contributed by atoms with Crippen LogP contribution < -0.4 is 0 Å². The third-order valence-corrected chi connectivity index (χ3v) is 4.15. The minimum absolute atomic E-state index is 0.180. The van der Waals surface area contributed by atoms with Crippen LogP contribution in [0.2, 0.25) is 0 Å². The van der Waals surface area contributed by atoms with Crippen LogP contribution in [0, 0.1) is 5.41 Å². The standard InChI is InChI=1S/C24H29NO4/c1-19(26)14-23(27)29-18-24(2,3)17-28-13-5-7-20-8-10-21(11-9-20)15-22-6-4-12-25-16-22/h4-12,16H,13-15,17-18H2,1-3H3. The maximum absolute atomic E-state index is 11.5. The van der Waals surface area contributed by atoms with E-state index in [4.69, 9.17) is 9.47 Å². The van der Waals surface area contributed by atoms with Gasteiger partial charge in [-0.2, -0.15) is 0 Å². The predicted molar refractivity (Wildman–Crippen MR) is 113 cm³/mol. The molecule has 0 aliphatic carbocycles. The van der Waals surface area contributed by atoms with E-state index in [0.717, 1.165) is 12.0 Å². The number of benzene rings is 1. The molecular weight excluding hydrogens is 366 g/mol. The number of carbonyl (C=O) groups is 2. The summed E-state index contributed by atoms with van der Waals surface area (Å²) in [4.78, 5) is 26.5. The molecule has 154 valence electrons. The molecule has 0 saturated carbocycles. The summed E-state index contributed by atoms with van der Waals surface area (Å²) in [6.45, 7) is 6.44. The van der Waals surface area contributed by atoms with Crippen molar-refractivity contribution in [1.82, 2.24) is 4.98 Å². The highest BCUT2D eigenvalue weighted by molar-refractivity contribution is 5.94. The Morgan fingerprint density at radius 2 is 1.83 bits per heavy atom. The SMILES string of the molecule is CC(=O)CC(=O)OCC(C)(C)COCC=Cc1ccc(Cc2cccnc2)cc1. The van der Waals surface area contributed by atoms with Gasteiger partial charge in [0.2, 0.25) is 0 Å². The van der Waals surface area contributed by atoms with Crippen molar-refractivity contribution >= 4 is 17.8 Å². The Morgan fingerprint density at radius 1 is 1.07 bits per heavy atom. The molecule has 0 unspecified atom stereocenters. The number of ketones is 1. The van der Waals surface area contributed by atoms with E-state index in [1.807, 2.05) is 38.3 Å². The highest BCUT2D eigenvalue weighted by Crippen LogP contribution is 2.16. The van der Waals surface area contributed by atoms with Crippen molar-refractivity contribution in [2.45, 2.75) is 33.6 Å². The first-order valence-corrected chi connectivity index (χ1v) is 9.71. The molecule has 5 heteroatoms. The normalized spacial score (nSPS) is 11.6. The van der Waals surface area contributed by atoms with Crippen molar-refractivity contribution in [3.8, 4) is 0 Å². The summed E-state index contributed by atoms with van der Waals surface area (Å²) in [7, 11) is 0. The van der Waals surface area contributed by atoms with E-state index in [1.165, 1.54) is 18.1 Å². The van der Waals surface area contributed by atoms with Crippen LogP contribution in [0.15, 0.2) is 54.9 Å². The Hall–Kier alpha value is -2.79. The summed E-state index contributed by atoms with van der Waals surface area (Å²) in [5.41, 5.74) is 3.24. The molecule has 0 amide bonds. The quantitative estimate of drug-likeness (QED) is 0.323. The molecule has 0 radical (unpaired) electrons. The van der Waals surface area contributed by atoms with Gasteiger partial charge in [-0.05, 0) is 36.1 Å². The molecule has 0 atom stereocenters. The van der Waals surface area contributed by atoms with Crippen LogP contribution in [-0.2, 0) is 25.5 Å². The van der Waals surface area contributed by atoms with Crippen molar-refractivity contribution in [1.29, 1.82) is 0 Å². The Bertz CT molecular complexity index is 811. The molecular formula is C24H29NO4. The zero-order valence-corrected chi connectivity index (χ0v) is 17.4. The molecule has 0 bridgehead atoms. The van der Waals surface area contributed by atoms with Crippen LogP contribution in [0.5, 0.6) is 0 Å². The summed E-state index contributed by atoms with van der Waals surface area (Å²) in [6, 6.07) is 12.4. The fraction of sp³-hybridized carbons (Fsp3) is 0.375. The molecule has 0 aliphatic rings. The summed E-state index contributed by atoms with van der Waals surface area (Å²) >= 11 is 0. The Morgan fingerprint density at radius 3 is 2.48 bits per heavy atom. The number of carbonyl (C=O) groups excluding carboxylic acids is 2. The van der Waals surface area contributed by atoms with Gasteiger partial charge in [0, 0.05) is 17.8 Å². The van der Waals surface area contributed by atoms with Gasteiger partial charge in [-0.25, -0.2) is 0 Å². The first-order valence-electron chi connectivity index (χ1n) is 9.71. The second-order valence-electron chi connectivity index (χ2n) is 7.90. The number of nitrogens with zero attached hydrogens (tertiary/aromatic N) is 1. The van der Waals surface area contributed by atoms with Gasteiger partial charge in [-0.3, -0.25) is 14.6 Å². The van der Waals surface area contributed by atoms with Crippen LogP contribution in [0.25, 0.3) is 6.08 Å². The van der Waals surface area contributed by atoms with Crippen molar-refractivity contribution in [2.24, 2.45) is 5.41 Å². The number of rotatable bonds is 11. The molecule has 2 aromatic rings. The van der Waals surface area contributed by atoms with Gasteiger partial charge < -0.3 is 9.47 Å². The largest absolute Gasteiger partial charge is 0.465 e. The number of Topliss-reactive ketones (excluding diaryl/α,β-unsaturated/α-hetero) is 1. The molecule has 0 fully saturated rings. The minimum Gasteiger partial charge on any atom is -0.465 e. The number of ether oxygens (including phenoxy) is 2. The van der Waals surface area contributed by atoms with E-state index in [2.05, 4.69) is 35.3 Å². The Kier molecular flexibility index (Phi) is 8.74. The van der Waals surface area contributed by atoms with Crippen molar-refractivity contribution in [3.63, 3.8) is 0 Å². The van der Waals surface area contributed by atoms with Crippen molar-refractivity contribution in [3.05, 3.63) is 71.6 Å². The lowest BCUT2D eigenvalue weighted by atomic mass is 9.96. The van der Waals surface area contributed by atoms with Crippen LogP contribution in [0.4, 0.5) is 0 Å². The maximum atomic E-state index is 11.5. The summed E-state index contributed by atoms with van der Waals surface area (Å²) in [5.74, 6) is -0.684. The summed E-state index contributed by atoms with van der Waals surface area (Å²) in [6.07, 6.45) is 8.34. The number of esters is 1. The number of pyridine rings is 1. The highest BCUT2D eigenvalue weighted by Gasteiger charge is 2.21. The monoisotopic (exact) mass is 395 g/mol. The van der Waals surface area contributed by atoms with Gasteiger partial charge in [0.25, 0.3) is 0 Å². The zero-order chi connectivity index (χ0) is 21.1. The van der Waals surface area contributed by atoms with Gasteiger partial charge in [0.05, 0.1) is 19.8 Å². The minimum atomic E-state index is -0.488. The van der Waals surface area contributed by atoms with Gasteiger partial charge in [0.15, 0.2) is 0 Å². The first-order chi connectivity index (χ1) is 13.8. The Balaban J connectivity index is 1.70. The van der Waals surface area contributed by atoms with Gasteiger partial charge >= 0.3 is 5.97 Å². The van der Waals surface area contributed by atoms with E-state index in [9.17, 15) is 9.59 Å². The molecule has 2 rings (SSSR count). The highest BCUT2D eigenvalue weighted by atomic mass is 16.5.